The van der Waals surface area contributed by atoms with E-state index in [1.165, 1.54) is 25.1 Å². The lowest BCUT2D eigenvalue weighted by Crippen LogP contribution is -2.17. The molecule has 0 fully saturated rings. The zero-order chi connectivity index (χ0) is 19.1. The van der Waals surface area contributed by atoms with Gasteiger partial charge in [0.1, 0.15) is 18.1 Å². The predicted molar refractivity (Wildman–Crippen MR) is 95.2 cm³/mol. The number of methoxy groups -OCH3 is 1. The summed E-state index contributed by atoms with van der Waals surface area (Å²) in [6, 6.07) is 2.63. The van der Waals surface area contributed by atoms with E-state index in [2.05, 4.69) is 9.97 Å². The van der Waals surface area contributed by atoms with E-state index >= 15 is 0 Å². The van der Waals surface area contributed by atoms with Crippen LogP contribution in [0.1, 0.15) is 13.8 Å². The Morgan fingerprint density at radius 3 is 2.69 bits per heavy atom. The van der Waals surface area contributed by atoms with Crippen molar-refractivity contribution in [1.82, 2.24) is 14.4 Å². The molecule has 2 N–H and O–H groups in total. The molecule has 0 aromatic carbocycles. The van der Waals surface area contributed by atoms with Gasteiger partial charge in [-0.2, -0.15) is 9.37 Å². The molecule has 3 aromatic rings. The second-order valence-electron chi connectivity index (χ2n) is 6.27. The van der Waals surface area contributed by atoms with Crippen LogP contribution in [0.2, 0.25) is 0 Å². The number of hydrogen-bond donors (Lipinski definition) is 1. The number of aromatic nitrogens is 3. The second kappa shape index (κ2) is 6.71. The lowest BCUT2D eigenvalue weighted by atomic mass is 10.2. The van der Waals surface area contributed by atoms with Crippen LogP contribution in [0.3, 0.4) is 0 Å². The monoisotopic (exact) mass is 382 g/mol. The third kappa shape index (κ3) is 3.31. The van der Waals surface area contributed by atoms with Crippen LogP contribution in [0.5, 0.6) is 5.75 Å². The molecule has 3 rings (SSSR count). The maximum atomic E-state index is 14.2. The summed E-state index contributed by atoms with van der Waals surface area (Å²) in [4.78, 5) is 8.23. The minimum Gasteiger partial charge on any atom is -0.495 e. The number of nitrogens with zero attached hydrogens (tertiary/aromatic N) is 3. The molecule has 3 aromatic heterocycles. The summed E-state index contributed by atoms with van der Waals surface area (Å²) in [5, 5.41) is 0. The Morgan fingerprint density at radius 2 is 2.04 bits per heavy atom. The Labute approximate surface area is 152 Å². The van der Waals surface area contributed by atoms with E-state index in [-0.39, 0.29) is 5.56 Å². The molecule has 0 aliphatic heterocycles. The van der Waals surface area contributed by atoms with Gasteiger partial charge in [0.05, 0.1) is 29.5 Å². The highest BCUT2D eigenvalue weighted by atomic mass is 32.2. The van der Waals surface area contributed by atoms with E-state index in [0.717, 1.165) is 6.07 Å². The molecule has 3 heterocycles. The number of rotatable bonds is 5. The number of thioether (sulfide) groups is 1. The van der Waals surface area contributed by atoms with Gasteiger partial charge in [-0.1, -0.05) is 0 Å². The lowest BCUT2D eigenvalue weighted by molar-refractivity contribution is 0.402. The van der Waals surface area contributed by atoms with Gasteiger partial charge >= 0.3 is 0 Å². The van der Waals surface area contributed by atoms with E-state index in [0.29, 0.717) is 22.0 Å². The number of imidazole rings is 1. The molecule has 0 aliphatic carbocycles. The zero-order valence-corrected chi connectivity index (χ0v) is 15.2. The fourth-order valence-electron chi connectivity index (χ4n) is 2.41. The normalized spacial score (nSPS) is 11.9. The Balaban J connectivity index is 2.19. The molecule has 0 atom stereocenters. The van der Waals surface area contributed by atoms with Crippen LogP contribution in [0.4, 0.5) is 19.0 Å². The Kier molecular flexibility index (Phi) is 4.74. The molecule has 26 heavy (non-hydrogen) atoms. The van der Waals surface area contributed by atoms with E-state index in [1.54, 1.807) is 30.5 Å². The molecule has 0 unspecified atom stereocenters. The number of pyridine rings is 2. The molecular weight excluding hydrogens is 365 g/mol. The maximum absolute atomic E-state index is 14.2. The Hall–Kier alpha value is -2.42. The molecule has 0 saturated carbocycles. The van der Waals surface area contributed by atoms with Gasteiger partial charge in [-0.3, -0.25) is 4.40 Å². The molecule has 0 amide bonds. The molecule has 138 valence electrons. The molecule has 0 bridgehead atoms. The number of hydrogen-bond acceptors (Lipinski definition) is 5. The largest absolute Gasteiger partial charge is 0.495 e. The first kappa shape index (κ1) is 18.4. The summed E-state index contributed by atoms with van der Waals surface area (Å²) >= 11 is 1.28. The second-order valence-corrected chi connectivity index (χ2v) is 8.02. The van der Waals surface area contributed by atoms with Crippen molar-refractivity contribution in [2.75, 3.05) is 19.5 Å². The Bertz CT molecular complexity index is 974. The summed E-state index contributed by atoms with van der Waals surface area (Å²) in [5.41, 5.74) is 5.99. The van der Waals surface area contributed by atoms with Crippen molar-refractivity contribution in [3.63, 3.8) is 0 Å². The highest BCUT2D eigenvalue weighted by molar-refractivity contribution is 8.00. The molecule has 0 spiro atoms. The molecule has 9 heteroatoms. The zero-order valence-electron chi connectivity index (χ0n) is 14.4. The molecule has 5 nitrogen and oxygen atoms in total. The van der Waals surface area contributed by atoms with Gasteiger partial charge < -0.3 is 10.5 Å². The van der Waals surface area contributed by atoms with E-state index in [9.17, 15) is 13.2 Å². The highest BCUT2D eigenvalue weighted by Gasteiger charge is 2.23. The average Bonchev–Trinajstić information content (AvgIpc) is 2.99. The fraction of sp³-hybridized carbons (Fsp3) is 0.294. The van der Waals surface area contributed by atoms with Gasteiger partial charge in [-0.05, 0) is 19.9 Å². The van der Waals surface area contributed by atoms with Gasteiger partial charge in [-0.25, -0.2) is 13.8 Å². The van der Waals surface area contributed by atoms with Crippen LogP contribution in [-0.4, -0.2) is 32.9 Å². The van der Waals surface area contributed by atoms with Crippen molar-refractivity contribution in [3.05, 3.63) is 36.3 Å². The van der Waals surface area contributed by atoms with E-state index in [4.69, 9.17) is 10.5 Å². The summed E-state index contributed by atoms with van der Waals surface area (Å²) in [6.45, 7) is 2.97. The summed E-state index contributed by atoms with van der Waals surface area (Å²) in [5.74, 6) is -1.72. The van der Waals surface area contributed by atoms with Gasteiger partial charge in [0.25, 0.3) is 0 Å². The van der Waals surface area contributed by atoms with Crippen molar-refractivity contribution in [2.45, 2.75) is 23.5 Å². The number of halogens is 3. The minimum atomic E-state index is -0.903. The maximum Gasteiger partial charge on any atom is 0.224 e. The summed E-state index contributed by atoms with van der Waals surface area (Å²) in [6.07, 6.45) is 3.06. The van der Waals surface area contributed by atoms with Crippen LogP contribution in [0.15, 0.2) is 29.4 Å². The van der Waals surface area contributed by atoms with Crippen molar-refractivity contribution in [2.24, 2.45) is 0 Å². The van der Waals surface area contributed by atoms with Crippen molar-refractivity contribution in [3.8, 4) is 17.0 Å². The predicted octanol–water partition coefficient (Wildman–Crippen LogP) is 4.11. The number of fused-ring (bicyclic) bond motifs is 1. The first-order valence-electron chi connectivity index (χ1n) is 7.67. The number of anilines is 1. The average molecular weight is 382 g/mol. The van der Waals surface area contributed by atoms with Gasteiger partial charge in [-0.15, -0.1) is 11.8 Å². The quantitative estimate of drug-likeness (QED) is 0.532. The smallest absolute Gasteiger partial charge is 0.224 e. The first-order valence-corrected chi connectivity index (χ1v) is 8.49. The highest BCUT2D eigenvalue weighted by Crippen LogP contribution is 2.39. The Morgan fingerprint density at radius 1 is 1.31 bits per heavy atom. The van der Waals surface area contributed by atoms with Crippen LogP contribution < -0.4 is 10.5 Å². The third-order valence-electron chi connectivity index (χ3n) is 3.74. The molecule has 0 saturated heterocycles. The van der Waals surface area contributed by atoms with Crippen molar-refractivity contribution >= 4 is 23.2 Å². The summed E-state index contributed by atoms with van der Waals surface area (Å²) < 4.78 is 47.5. The van der Waals surface area contributed by atoms with Crippen molar-refractivity contribution < 1.29 is 17.9 Å². The minimum absolute atomic E-state index is 0.0740. The summed E-state index contributed by atoms with van der Waals surface area (Å²) in [7, 11) is 1.50. The standard InChI is InChI=1S/C17H17F3N4OS/c1-17(2,8-18)26-13-7-24-11(6-22-14(24)5-12(13)25-3)9-4-10(19)16(21)23-15(9)20/h4-7H,8H2,1-3H3,(H2,21,23). The van der Waals surface area contributed by atoms with E-state index < -0.39 is 29.0 Å². The third-order valence-corrected chi connectivity index (χ3v) is 4.92. The molecule has 0 radical (unpaired) electrons. The molecular formula is C17H17F3N4OS. The lowest BCUT2D eigenvalue weighted by Gasteiger charge is -2.21. The number of nitrogens with two attached hydrogens (primary N) is 1. The van der Waals surface area contributed by atoms with Crippen LogP contribution in [-0.2, 0) is 0 Å². The van der Waals surface area contributed by atoms with Crippen molar-refractivity contribution in [1.29, 1.82) is 0 Å². The van der Waals surface area contributed by atoms with Crippen LogP contribution >= 0.6 is 11.8 Å². The van der Waals surface area contributed by atoms with Crippen LogP contribution in [0, 0.1) is 11.8 Å². The number of nitrogen functional groups attached to an aromatic ring is 1. The fourth-order valence-corrected chi connectivity index (χ4v) is 3.46. The van der Waals surface area contributed by atoms with Gasteiger partial charge in [0, 0.05) is 17.0 Å². The van der Waals surface area contributed by atoms with Gasteiger partial charge in [0.2, 0.25) is 5.95 Å². The first-order chi connectivity index (χ1) is 12.3. The number of alkyl halides is 1. The van der Waals surface area contributed by atoms with E-state index in [1.807, 2.05) is 0 Å². The van der Waals surface area contributed by atoms with Gasteiger partial charge in [0.15, 0.2) is 11.6 Å². The topological polar surface area (TPSA) is 65.4 Å². The van der Waals surface area contributed by atoms with Crippen LogP contribution in [0.25, 0.3) is 16.9 Å². The number of ether oxygens (including phenoxy) is 1. The molecule has 0 aliphatic rings. The SMILES string of the molecule is COc1cc2ncc(-c3cc(F)c(N)nc3F)n2cc1SC(C)(C)CF.